The minimum Gasteiger partial charge on any atom is -0.398 e. The molecule has 4 N–H and O–H groups in total. The highest BCUT2D eigenvalue weighted by Gasteiger charge is 2.14. The molecular weight excluding hydrogens is 506 g/mol. The Kier molecular flexibility index (Phi) is 8.21. The van der Waals surface area contributed by atoms with Gasteiger partial charge in [0.1, 0.15) is 0 Å². The molecule has 0 aliphatic heterocycles. The molecular formula is C36H25N3O2. The number of rotatable bonds is 4. The van der Waals surface area contributed by atoms with E-state index in [0.717, 1.165) is 22.3 Å². The second-order valence-electron chi connectivity index (χ2n) is 9.10. The maximum atomic E-state index is 13.0. The molecule has 0 saturated heterocycles. The number of nitrogens with one attached hydrogen (secondary N) is 2. The van der Waals surface area contributed by atoms with Gasteiger partial charge in [-0.05, 0) is 78.9 Å². The number of anilines is 3. The SMILES string of the molecule is Nc1cc(C(=O)Nc2cccc(C#Cc3ccccc3)c2)ccc1C(=O)Nc1cccc(C#Cc2ccccc2)c1. The Morgan fingerprint density at radius 2 is 0.951 bits per heavy atom. The number of amides is 2. The summed E-state index contributed by atoms with van der Waals surface area (Å²) in [6, 6.07) is 38.5. The molecule has 5 aromatic carbocycles. The van der Waals surface area contributed by atoms with Crippen LogP contribution < -0.4 is 16.4 Å². The summed E-state index contributed by atoms with van der Waals surface area (Å²) < 4.78 is 0. The van der Waals surface area contributed by atoms with Crippen LogP contribution in [0.5, 0.6) is 0 Å². The summed E-state index contributed by atoms with van der Waals surface area (Å²) in [7, 11) is 0. The third-order valence-electron chi connectivity index (χ3n) is 6.05. The highest BCUT2D eigenvalue weighted by atomic mass is 16.2. The predicted molar refractivity (Wildman–Crippen MR) is 164 cm³/mol. The molecule has 5 rings (SSSR count). The van der Waals surface area contributed by atoms with E-state index >= 15 is 0 Å². The molecule has 5 nitrogen and oxygen atoms in total. The Morgan fingerprint density at radius 3 is 1.46 bits per heavy atom. The van der Waals surface area contributed by atoms with E-state index in [2.05, 4.69) is 34.3 Å². The maximum Gasteiger partial charge on any atom is 0.257 e. The van der Waals surface area contributed by atoms with Crippen LogP contribution in [0.4, 0.5) is 17.1 Å². The Labute approximate surface area is 239 Å². The molecule has 0 radical (unpaired) electrons. The van der Waals surface area contributed by atoms with E-state index in [-0.39, 0.29) is 23.1 Å². The molecule has 196 valence electrons. The van der Waals surface area contributed by atoms with Gasteiger partial charge in [0.05, 0.1) is 5.56 Å². The lowest BCUT2D eigenvalue weighted by atomic mass is 10.1. The second-order valence-corrected chi connectivity index (χ2v) is 9.10. The standard InChI is InChI=1S/C36H25N3O2/c37-34-25-30(35(40)38-31-15-7-13-28(23-31)19-17-26-9-3-1-4-10-26)21-22-33(34)36(41)39-32-16-8-14-29(24-32)20-18-27-11-5-2-6-12-27/h1-16,21-25H,37H2,(H,38,40)(H,39,41). The molecule has 5 heteroatoms. The van der Waals surface area contributed by atoms with Crippen molar-refractivity contribution in [3.05, 3.63) is 161 Å². The van der Waals surface area contributed by atoms with E-state index in [4.69, 9.17) is 5.73 Å². The predicted octanol–water partition coefficient (Wildman–Crippen LogP) is 6.57. The lowest BCUT2D eigenvalue weighted by molar-refractivity contribution is 0.101. The van der Waals surface area contributed by atoms with Gasteiger partial charge in [0, 0.05) is 44.9 Å². The topological polar surface area (TPSA) is 84.2 Å². The number of carbonyl (C=O) groups is 2. The number of nitrogens with two attached hydrogens (primary N) is 1. The van der Waals surface area contributed by atoms with E-state index < -0.39 is 0 Å². The van der Waals surface area contributed by atoms with E-state index in [9.17, 15) is 9.59 Å². The molecule has 0 aromatic heterocycles. The van der Waals surface area contributed by atoms with Crippen LogP contribution in [0.15, 0.2) is 127 Å². The Hall–Kier alpha value is -6.04. The molecule has 2 amide bonds. The Balaban J connectivity index is 1.24. The minimum absolute atomic E-state index is 0.192. The zero-order chi connectivity index (χ0) is 28.4. The van der Waals surface area contributed by atoms with Gasteiger partial charge in [0.15, 0.2) is 0 Å². The maximum absolute atomic E-state index is 13.0. The molecule has 41 heavy (non-hydrogen) atoms. The third kappa shape index (κ3) is 7.29. The van der Waals surface area contributed by atoms with Gasteiger partial charge >= 0.3 is 0 Å². The van der Waals surface area contributed by atoms with E-state index in [1.54, 1.807) is 36.4 Å². The summed E-state index contributed by atoms with van der Waals surface area (Å²) in [5.41, 5.74) is 11.5. The molecule has 0 heterocycles. The summed E-state index contributed by atoms with van der Waals surface area (Å²) in [5.74, 6) is 11.7. The monoisotopic (exact) mass is 531 g/mol. The van der Waals surface area contributed by atoms with Crippen molar-refractivity contribution in [1.29, 1.82) is 0 Å². The van der Waals surface area contributed by atoms with Gasteiger partial charge in [-0.3, -0.25) is 9.59 Å². The first-order valence-electron chi connectivity index (χ1n) is 12.9. The lowest BCUT2D eigenvalue weighted by Crippen LogP contribution is -2.16. The van der Waals surface area contributed by atoms with Gasteiger partial charge in [-0.2, -0.15) is 0 Å². The fourth-order valence-corrected chi connectivity index (χ4v) is 3.99. The fraction of sp³-hybridized carbons (Fsp3) is 0. The molecule has 0 aliphatic rings. The van der Waals surface area contributed by atoms with Crippen molar-refractivity contribution in [2.24, 2.45) is 0 Å². The summed E-state index contributed by atoms with van der Waals surface area (Å²) in [6.07, 6.45) is 0. The average molecular weight is 532 g/mol. The van der Waals surface area contributed by atoms with Gasteiger partial charge < -0.3 is 16.4 Å². The molecule has 0 fully saturated rings. The number of hydrogen-bond donors (Lipinski definition) is 3. The highest BCUT2D eigenvalue weighted by molar-refractivity contribution is 6.10. The minimum atomic E-state index is -0.382. The van der Waals surface area contributed by atoms with E-state index in [1.165, 1.54) is 6.07 Å². The van der Waals surface area contributed by atoms with Crippen LogP contribution in [0.1, 0.15) is 43.0 Å². The van der Waals surface area contributed by atoms with Gasteiger partial charge in [-0.1, -0.05) is 72.2 Å². The fourth-order valence-electron chi connectivity index (χ4n) is 3.99. The summed E-state index contributed by atoms with van der Waals surface area (Å²) >= 11 is 0. The van der Waals surface area contributed by atoms with Crippen molar-refractivity contribution in [2.75, 3.05) is 16.4 Å². The summed E-state index contributed by atoms with van der Waals surface area (Å²) in [5, 5.41) is 5.72. The first-order valence-corrected chi connectivity index (χ1v) is 12.9. The van der Waals surface area contributed by atoms with Crippen LogP contribution in [0.3, 0.4) is 0 Å². The second kappa shape index (κ2) is 12.7. The molecule has 0 spiro atoms. The van der Waals surface area contributed by atoms with Crippen molar-refractivity contribution >= 4 is 28.9 Å². The quantitative estimate of drug-likeness (QED) is 0.181. The van der Waals surface area contributed by atoms with Crippen LogP contribution in [0.25, 0.3) is 0 Å². The Morgan fingerprint density at radius 1 is 0.488 bits per heavy atom. The van der Waals surface area contributed by atoms with Crippen molar-refractivity contribution < 1.29 is 9.59 Å². The number of carbonyl (C=O) groups excluding carboxylic acids is 2. The molecule has 0 aliphatic carbocycles. The number of benzene rings is 5. The zero-order valence-corrected chi connectivity index (χ0v) is 22.0. The zero-order valence-electron chi connectivity index (χ0n) is 22.0. The third-order valence-corrected chi connectivity index (χ3v) is 6.05. The summed E-state index contributed by atoms with van der Waals surface area (Å²) in [4.78, 5) is 25.9. The lowest BCUT2D eigenvalue weighted by Gasteiger charge is -2.10. The van der Waals surface area contributed by atoms with Crippen molar-refractivity contribution in [1.82, 2.24) is 0 Å². The first-order chi connectivity index (χ1) is 20.0. The van der Waals surface area contributed by atoms with Gasteiger partial charge in [0.25, 0.3) is 11.8 Å². The Bertz CT molecular complexity index is 1840. The summed E-state index contributed by atoms with van der Waals surface area (Å²) in [6.45, 7) is 0. The van der Waals surface area contributed by atoms with Gasteiger partial charge in [0.2, 0.25) is 0 Å². The molecule has 5 aromatic rings. The van der Waals surface area contributed by atoms with Crippen LogP contribution in [-0.4, -0.2) is 11.8 Å². The van der Waals surface area contributed by atoms with Crippen LogP contribution in [0.2, 0.25) is 0 Å². The van der Waals surface area contributed by atoms with Gasteiger partial charge in [-0.25, -0.2) is 0 Å². The molecule has 0 unspecified atom stereocenters. The normalized spacial score (nSPS) is 9.85. The van der Waals surface area contributed by atoms with E-state index in [0.29, 0.717) is 16.9 Å². The molecule has 0 atom stereocenters. The molecule has 0 bridgehead atoms. The number of nitrogen functional groups attached to an aromatic ring is 1. The highest BCUT2D eigenvalue weighted by Crippen LogP contribution is 2.19. The average Bonchev–Trinajstić information content (AvgIpc) is 3.00. The van der Waals surface area contributed by atoms with E-state index in [1.807, 2.05) is 84.9 Å². The van der Waals surface area contributed by atoms with Crippen molar-refractivity contribution in [3.8, 4) is 23.7 Å². The first kappa shape index (κ1) is 26.6. The smallest absolute Gasteiger partial charge is 0.257 e. The van der Waals surface area contributed by atoms with Crippen LogP contribution in [0, 0.1) is 23.7 Å². The largest absolute Gasteiger partial charge is 0.398 e. The van der Waals surface area contributed by atoms with Crippen molar-refractivity contribution in [3.63, 3.8) is 0 Å². The van der Waals surface area contributed by atoms with Crippen LogP contribution >= 0.6 is 0 Å². The van der Waals surface area contributed by atoms with Crippen LogP contribution in [-0.2, 0) is 0 Å². The van der Waals surface area contributed by atoms with Crippen molar-refractivity contribution in [2.45, 2.75) is 0 Å². The number of hydrogen-bond acceptors (Lipinski definition) is 3. The molecule has 0 saturated carbocycles. The van der Waals surface area contributed by atoms with Gasteiger partial charge in [-0.15, -0.1) is 0 Å².